The largest absolute Gasteiger partial charge is 0.497 e. The average Bonchev–Trinajstić information content (AvgIpc) is 2.56. The molecule has 0 saturated carbocycles. The lowest BCUT2D eigenvalue weighted by Gasteiger charge is -2.19. The topological polar surface area (TPSA) is 38.3 Å². The van der Waals surface area contributed by atoms with Gasteiger partial charge in [0.15, 0.2) is 5.78 Å². The molecular formula is C19H23NO2. The number of benzene rings is 2. The first-order valence-electron chi connectivity index (χ1n) is 7.71. The fourth-order valence-corrected chi connectivity index (χ4v) is 2.46. The fraction of sp³-hybridized carbons (Fsp3) is 0.316. The van der Waals surface area contributed by atoms with Gasteiger partial charge >= 0.3 is 0 Å². The summed E-state index contributed by atoms with van der Waals surface area (Å²) in [4.78, 5) is 12.4. The van der Waals surface area contributed by atoms with Crippen molar-refractivity contribution in [3.8, 4) is 5.75 Å². The first-order chi connectivity index (χ1) is 10.7. The van der Waals surface area contributed by atoms with E-state index in [0.29, 0.717) is 6.42 Å². The average molecular weight is 297 g/mol. The molecule has 22 heavy (non-hydrogen) atoms. The maximum absolute atomic E-state index is 12.4. The summed E-state index contributed by atoms with van der Waals surface area (Å²) >= 11 is 0. The van der Waals surface area contributed by atoms with Crippen LogP contribution in [-0.4, -0.2) is 18.9 Å². The van der Waals surface area contributed by atoms with Gasteiger partial charge in [0.25, 0.3) is 0 Å². The predicted molar refractivity (Wildman–Crippen MR) is 90.7 cm³/mol. The zero-order chi connectivity index (χ0) is 15.8. The Morgan fingerprint density at radius 1 is 1.09 bits per heavy atom. The number of anilines is 1. The Hall–Kier alpha value is -2.29. The van der Waals surface area contributed by atoms with Crippen molar-refractivity contribution in [2.45, 2.75) is 32.2 Å². The lowest BCUT2D eigenvalue weighted by molar-refractivity contribution is 0.0975. The van der Waals surface area contributed by atoms with E-state index in [-0.39, 0.29) is 11.8 Å². The summed E-state index contributed by atoms with van der Waals surface area (Å²) in [6.07, 6.45) is 2.50. The van der Waals surface area contributed by atoms with E-state index in [1.807, 2.05) is 54.6 Å². The predicted octanol–water partition coefficient (Wildman–Crippen LogP) is 4.55. The van der Waals surface area contributed by atoms with Gasteiger partial charge in [0, 0.05) is 23.7 Å². The standard InChI is InChI=1S/C19H23NO2/c1-3-7-17(14-19(21)15-8-5-4-6-9-15)20-16-10-12-18(22-2)13-11-16/h4-6,8-13,17,20H,3,7,14H2,1-2H3. The highest BCUT2D eigenvalue weighted by Crippen LogP contribution is 2.19. The normalized spacial score (nSPS) is 11.7. The highest BCUT2D eigenvalue weighted by Gasteiger charge is 2.14. The number of ether oxygens (including phenoxy) is 1. The molecule has 0 aliphatic heterocycles. The maximum atomic E-state index is 12.4. The molecule has 0 fully saturated rings. The molecule has 116 valence electrons. The van der Waals surface area contributed by atoms with Crippen LogP contribution >= 0.6 is 0 Å². The van der Waals surface area contributed by atoms with Crippen molar-refractivity contribution in [1.82, 2.24) is 0 Å². The zero-order valence-electron chi connectivity index (χ0n) is 13.2. The summed E-state index contributed by atoms with van der Waals surface area (Å²) in [5.41, 5.74) is 1.79. The summed E-state index contributed by atoms with van der Waals surface area (Å²) in [6.45, 7) is 2.13. The van der Waals surface area contributed by atoms with E-state index in [1.54, 1.807) is 7.11 Å². The molecule has 1 atom stereocenters. The van der Waals surface area contributed by atoms with Gasteiger partial charge in [-0.1, -0.05) is 43.7 Å². The third kappa shape index (κ3) is 4.62. The number of methoxy groups -OCH3 is 1. The molecule has 0 spiro atoms. The highest BCUT2D eigenvalue weighted by molar-refractivity contribution is 5.96. The Balaban J connectivity index is 2.01. The van der Waals surface area contributed by atoms with Gasteiger partial charge in [-0.2, -0.15) is 0 Å². The van der Waals surface area contributed by atoms with Crippen LogP contribution in [0.25, 0.3) is 0 Å². The van der Waals surface area contributed by atoms with Gasteiger partial charge in [-0.3, -0.25) is 4.79 Å². The van der Waals surface area contributed by atoms with Crippen molar-refractivity contribution in [2.24, 2.45) is 0 Å². The van der Waals surface area contributed by atoms with Crippen LogP contribution in [0, 0.1) is 0 Å². The molecule has 3 nitrogen and oxygen atoms in total. The van der Waals surface area contributed by atoms with Crippen LogP contribution < -0.4 is 10.1 Å². The molecule has 0 aliphatic carbocycles. The van der Waals surface area contributed by atoms with Crippen molar-refractivity contribution in [2.75, 3.05) is 12.4 Å². The summed E-state index contributed by atoms with van der Waals surface area (Å²) in [6, 6.07) is 17.4. The first-order valence-corrected chi connectivity index (χ1v) is 7.71. The smallest absolute Gasteiger partial charge is 0.164 e. The Labute approximate surface area is 132 Å². The maximum Gasteiger partial charge on any atom is 0.164 e. The van der Waals surface area contributed by atoms with Crippen molar-refractivity contribution in [1.29, 1.82) is 0 Å². The quantitative estimate of drug-likeness (QED) is 0.726. The minimum Gasteiger partial charge on any atom is -0.497 e. The molecular weight excluding hydrogens is 274 g/mol. The third-order valence-electron chi connectivity index (χ3n) is 3.63. The second-order valence-corrected chi connectivity index (χ2v) is 5.35. The lowest BCUT2D eigenvalue weighted by atomic mass is 10.0. The number of ketones is 1. The summed E-state index contributed by atoms with van der Waals surface area (Å²) in [7, 11) is 1.65. The van der Waals surface area contributed by atoms with Crippen LogP contribution in [0.2, 0.25) is 0 Å². The van der Waals surface area contributed by atoms with E-state index in [1.165, 1.54) is 0 Å². The number of carbonyl (C=O) groups excluding carboxylic acids is 1. The highest BCUT2D eigenvalue weighted by atomic mass is 16.5. The fourth-order valence-electron chi connectivity index (χ4n) is 2.46. The molecule has 0 saturated heterocycles. The number of rotatable bonds is 8. The molecule has 2 aromatic rings. The Bertz CT molecular complexity index is 578. The molecule has 2 aromatic carbocycles. The molecule has 0 heterocycles. The van der Waals surface area contributed by atoms with E-state index in [2.05, 4.69) is 12.2 Å². The van der Waals surface area contributed by atoms with Gasteiger partial charge in [0.05, 0.1) is 7.11 Å². The van der Waals surface area contributed by atoms with Crippen molar-refractivity contribution in [3.05, 3.63) is 60.2 Å². The van der Waals surface area contributed by atoms with Crippen molar-refractivity contribution >= 4 is 11.5 Å². The Kier molecular flexibility index (Phi) is 6.01. The SMILES string of the molecule is CCCC(CC(=O)c1ccccc1)Nc1ccc(OC)cc1. The molecule has 1 unspecified atom stereocenters. The van der Waals surface area contributed by atoms with E-state index in [0.717, 1.165) is 29.8 Å². The zero-order valence-corrected chi connectivity index (χ0v) is 13.2. The van der Waals surface area contributed by atoms with Gasteiger partial charge in [-0.15, -0.1) is 0 Å². The van der Waals surface area contributed by atoms with Gasteiger partial charge in [-0.05, 0) is 30.7 Å². The number of carbonyl (C=O) groups is 1. The van der Waals surface area contributed by atoms with Crippen LogP contribution in [0.1, 0.15) is 36.5 Å². The second-order valence-electron chi connectivity index (χ2n) is 5.35. The third-order valence-corrected chi connectivity index (χ3v) is 3.63. The molecule has 2 rings (SSSR count). The van der Waals surface area contributed by atoms with Crippen molar-refractivity contribution < 1.29 is 9.53 Å². The molecule has 0 aliphatic rings. The summed E-state index contributed by atoms with van der Waals surface area (Å²) in [5, 5.41) is 3.46. The molecule has 0 radical (unpaired) electrons. The number of hydrogen-bond donors (Lipinski definition) is 1. The Morgan fingerprint density at radius 3 is 2.36 bits per heavy atom. The Morgan fingerprint density at radius 2 is 1.77 bits per heavy atom. The van der Waals surface area contributed by atoms with Gasteiger partial charge in [0.1, 0.15) is 5.75 Å². The van der Waals surface area contributed by atoms with Crippen LogP contribution in [0.15, 0.2) is 54.6 Å². The second kappa shape index (κ2) is 8.23. The summed E-state index contributed by atoms with van der Waals surface area (Å²) in [5.74, 6) is 1.01. The first kappa shape index (κ1) is 16.1. The van der Waals surface area contributed by atoms with E-state index < -0.39 is 0 Å². The molecule has 0 bridgehead atoms. The van der Waals surface area contributed by atoms with Crippen LogP contribution in [0.4, 0.5) is 5.69 Å². The monoisotopic (exact) mass is 297 g/mol. The minimum atomic E-state index is 0.145. The summed E-state index contributed by atoms with van der Waals surface area (Å²) < 4.78 is 5.16. The van der Waals surface area contributed by atoms with Crippen molar-refractivity contribution in [3.63, 3.8) is 0 Å². The minimum absolute atomic E-state index is 0.145. The molecule has 1 N–H and O–H groups in total. The number of nitrogens with one attached hydrogen (secondary N) is 1. The number of hydrogen-bond acceptors (Lipinski definition) is 3. The van der Waals surface area contributed by atoms with Crippen LogP contribution in [0.3, 0.4) is 0 Å². The van der Waals surface area contributed by atoms with E-state index in [9.17, 15) is 4.79 Å². The molecule has 3 heteroatoms. The molecule has 0 amide bonds. The van der Waals surface area contributed by atoms with Crippen LogP contribution in [-0.2, 0) is 0 Å². The van der Waals surface area contributed by atoms with Crippen LogP contribution in [0.5, 0.6) is 5.75 Å². The van der Waals surface area contributed by atoms with Gasteiger partial charge in [-0.25, -0.2) is 0 Å². The van der Waals surface area contributed by atoms with Gasteiger partial charge in [0.2, 0.25) is 0 Å². The van der Waals surface area contributed by atoms with Gasteiger partial charge < -0.3 is 10.1 Å². The lowest BCUT2D eigenvalue weighted by Crippen LogP contribution is -2.23. The van der Waals surface area contributed by atoms with E-state index >= 15 is 0 Å². The number of Topliss-reactive ketones (excluding diaryl/α,β-unsaturated/α-hetero) is 1. The van der Waals surface area contributed by atoms with E-state index in [4.69, 9.17) is 4.74 Å². The molecule has 0 aromatic heterocycles.